The molecule has 92 valence electrons. The maximum absolute atomic E-state index is 13.6. The summed E-state index contributed by atoms with van der Waals surface area (Å²) in [7, 11) is 0. The lowest BCUT2D eigenvalue weighted by Gasteiger charge is -2.12. The number of nitrogens with two attached hydrogens (primary N) is 1. The van der Waals surface area contributed by atoms with Crippen molar-refractivity contribution in [1.82, 2.24) is 5.32 Å². The first-order valence-corrected chi connectivity index (χ1v) is 5.74. The zero-order valence-corrected chi connectivity index (χ0v) is 10.8. The summed E-state index contributed by atoms with van der Waals surface area (Å²) in [6.07, 6.45) is 0.0152. The van der Waals surface area contributed by atoms with Crippen LogP contribution in [0.25, 0.3) is 0 Å². The topological polar surface area (TPSA) is 72.2 Å². The third kappa shape index (κ3) is 3.81. The summed E-state index contributed by atoms with van der Waals surface area (Å²) in [5, 5.41) is 2.49. The summed E-state index contributed by atoms with van der Waals surface area (Å²) >= 11 is 2.99. The quantitative estimate of drug-likeness (QED) is 0.886. The van der Waals surface area contributed by atoms with E-state index in [0.717, 1.165) is 0 Å². The fourth-order valence-electron chi connectivity index (χ4n) is 1.33. The smallest absolute Gasteiger partial charge is 0.254 e. The van der Waals surface area contributed by atoms with Gasteiger partial charge in [0.2, 0.25) is 5.91 Å². The third-order valence-electron chi connectivity index (χ3n) is 2.08. The van der Waals surface area contributed by atoms with E-state index in [1.165, 1.54) is 12.1 Å². The summed E-state index contributed by atoms with van der Waals surface area (Å²) in [5.41, 5.74) is 4.92. The van der Waals surface area contributed by atoms with Crippen LogP contribution in [0.4, 0.5) is 4.39 Å². The lowest BCUT2D eigenvalue weighted by Crippen LogP contribution is -2.36. The van der Waals surface area contributed by atoms with Crippen LogP contribution in [0.3, 0.4) is 0 Å². The van der Waals surface area contributed by atoms with Gasteiger partial charge in [0.15, 0.2) is 0 Å². The molecule has 3 N–H and O–H groups in total. The minimum Gasteiger partial charge on any atom is -0.370 e. The molecule has 0 radical (unpaired) electrons. The number of rotatable bonds is 4. The van der Waals surface area contributed by atoms with Crippen molar-refractivity contribution in [3.05, 3.63) is 34.1 Å². The molecule has 17 heavy (non-hydrogen) atoms. The van der Waals surface area contributed by atoms with Gasteiger partial charge in [0.25, 0.3) is 5.91 Å². The molecule has 0 heterocycles. The second-order valence-electron chi connectivity index (χ2n) is 3.65. The number of carbonyl (C=O) groups is 2. The van der Waals surface area contributed by atoms with Crippen LogP contribution in [-0.2, 0) is 4.79 Å². The van der Waals surface area contributed by atoms with Crippen molar-refractivity contribution in [2.45, 2.75) is 19.4 Å². The van der Waals surface area contributed by atoms with Gasteiger partial charge in [0.1, 0.15) is 5.82 Å². The van der Waals surface area contributed by atoms with Gasteiger partial charge in [-0.1, -0.05) is 6.07 Å². The van der Waals surface area contributed by atoms with Gasteiger partial charge in [-0.25, -0.2) is 4.39 Å². The summed E-state index contributed by atoms with van der Waals surface area (Å²) < 4.78 is 13.8. The second kappa shape index (κ2) is 5.77. The van der Waals surface area contributed by atoms with Crippen LogP contribution in [-0.4, -0.2) is 17.9 Å². The van der Waals surface area contributed by atoms with E-state index in [0.29, 0.717) is 0 Å². The molecule has 0 aromatic heterocycles. The number of nitrogens with one attached hydrogen (secondary N) is 1. The van der Waals surface area contributed by atoms with E-state index in [1.54, 1.807) is 13.0 Å². The highest BCUT2D eigenvalue weighted by Gasteiger charge is 2.16. The van der Waals surface area contributed by atoms with Crippen molar-refractivity contribution in [3.63, 3.8) is 0 Å². The molecule has 0 spiro atoms. The molecular formula is C11H12BrFN2O2. The molecule has 1 unspecified atom stereocenters. The van der Waals surface area contributed by atoms with E-state index in [-0.39, 0.29) is 16.5 Å². The van der Waals surface area contributed by atoms with Gasteiger partial charge >= 0.3 is 0 Å². The van der Waals surface area contributed by atoms with Gasteiger partial charge in [-0.2, -0.15) is 0 Å². The Morgan fingerprint density at radius 2 is 2.18 bits per heavy atom. The standard InChI is InChI=1S/C11H12BrFN2O2/c1-6(5-9(14)16)15-11(17)7-3-2-4-8(12)10(7)13/h2-4,6H,5H2,1H3,(H2,14,16)(H,15,17). The molecular weight excluding hydrogens is 291 g/mol. The maximum atomic E-state index is 13.6. The Morgan fingerprint density at radius 3 is 2.76 bits per heavy atom. The Kier molecular flexibility index (Phi) is 4.62. The Labute approximate surface area is 107 Å². The van der Waals surface area contributed by atoms with Crippen molar-refractivity contribution in [3.8, 4) is 0 Å². The Balaban J connectivity index is 2.77. The highest BCUT2D eigenvalue weighted by molar-refractivity contribution is 9.10. The number of hydrogen-bond acceptors (Lipinski definition) is 2. The molecule has 0 bridgehead atoms. The fourth-order valence-corrected chi connectivity index (χ4v) is 1.70. The molecule has 0 saturated carbocycles. The van der Waals surface area contributed by atoms with Crippen LogP contribution in [0, 0.1) is 5.82 Å². The largest absolute Gasteiger partial charge is 0.370 e. The summed E-state index contributed by atoms with van der Waals surface area (Å²) in [5.74, 6) is -1.72. The summed E-state index contributed by atoms with van der Waals surface area (Å²) in [6, 6.07) is 3.99. The lowest BCUT2D eigenvalue weighted by atomic mass is 10.1. The minimum absolute atomic E-state index is 0.0152. The van der Waals surface area contributed by atoms with Gasteiger partial charge in [-0.05, 0) is 35.0 Å². The normalized spacial score (nSPS) is 11.9. The number of carbonyl (C=O) groups excluding carboxylic acids is 2. The van der Waals surface area contributed by atoms with E-state index in [4.69, 9.17) is 5.73 Å². The molecule has 6 heteroatoms. The van der Waals surface area contributed by atoms with Crippen molar-refractivity contribution >= 4 is 27.7 Å². The summed E-state index contributed by atoms with van der Waals surface area (Å²) in [4.78, 5) is 22.3. The van der Waals surface area contributed by atoms with Gasteiger partial charge in [-0.3, -0.25) is 9.59 Å². The van der Waals surface area contributed by atoms with Crippen molar-refractivity contribution in [2.75, 3.05) is 0 Å². The summed E-state index contributed by atoms with van der Waals surface area (Å²) in [6.45, 7) is 1.62. The number of hydrogen-bond donors (Lipinski definition) is 2. The monoisotopic (exact) mass is 302 g/mol. The zero-order chi connectivity index (χ0) is 13.0. The predicted octanol–water partition coefficient (Wildman–Crippen LogP) is 1.58. The van der Waals surface area contributed by atoms with Crippen LogP contribution in [0.5, 0.6) is 0 Å². The number of primary amides is 1. The van der Waals surface area contributed by atoms with E-state index in [2.05, 4.69) is 21.2 Å². The van der Waals surface area contributed by atoms with Gasteiger partial charge in [0, 0.05) is 12.5 Å². The van der Waals surface area contributed by atoms with Crippen molar-refractivity contribution in [2.24, 2.45) is 5.73 Å². The molecule has 0 aliphatic carbocycles. The van der Waals surface area contributed by atoms with Gasteiger partial charge < -0.3 is 11.1 Å². The first kappa shape index (κ1) is 13.6. The lowest BCUT2D eigenvalue weighted by molar-refractivity contribution is -0.118. The molecule has 4 nitrogen and oxygen atoms in total. The first-order chi connectivity index (χ1) is 7.91. The highest BCUT2D eigenvalue weighted by Crippen LogP contribution is 2.18. The minimum atomic E-state index is -0.628. The molecule has 0 saturated heterocycles. The first-order valence-electron chi connectivity index (χ1n) is 4.95. The molecule has 0 aliphatic heterocycles. The molecule has 1 aromatic carbocycles. The van der Waals surface area contributed by atoms with E-state index in [1.807, 2.05) is 0 Å². The zero-order valence-electron chi connectivity index (χ0n) is 9.17. The van der Waals surface area contributed by atoms with E-state index >= 15 is 0 Å². The highest BCUT2D eigenvalue weighted by atomic mass is 79.9. The van der Waals surface area contributed by atoms with Crippen LogP contribution in [0.2, 0.25) is 0 Å². The van der Waals surface area contributed by atoms with Crippen LogP contribution in [0.15, 0.2) is 22.7 Å². The van der Waals surface area contributed by atoms with Crippen LogP contribution < -0.4 is 11.1 Å². The second-order valence-corrected chi connectivity index (χ2v) is 4.50. The van der Waals surface area contributed by atoms with Crippen LogP contribution in [0.1, 0.15) is 23.7 Å². The molecule has 1 atom stereocenters. The molecule has 1 rings (SSSR count). The number of amides is 2. The Bertz CT molecular complexity index is 451. The Morgan fingerprint density at radius 1 is 1.53 bits per heavy atom. The number of benzene rings is 1. The molecule has 1 aromatic rings. The predicted molar refractivity (Wildman–Crippen MR) is 64.8 cm³/mol. The van der Waals surface area contributed by atoms with Gasteiger partial charge in [0.05, 0.1) is 10.0 Å². The van der Waals surface area contributed by atoms with Crippen LogP contribution >= 0.6 is 15.9 Å². The fraction of sp³-hybridized carbons (Fsp3) is 0.273. The van der Waals surface area contributed by atoms with E-state index in [9.17, 15) is 14.0 Å². The molecule has 2 amide bonds. The maximum Gasteiger partial charge on any atom is 0.254 e. The average molecular weight is 303 g/mol. The SMILES string of the molecule is CC(CC(N)=O)NC(=O)c1cccc(Br)c1F. The van der Waals surface area contributed by atoms with Gasteiger partial charge in [-0.15, -0.1) is 0 Å². The van der Waals surface area contributed by atoms with E-state index < -0.39 is 23.7 Å². The third-order valence-corrected chi connectivity index (χ3v) is 2.69. The number of halogens is 2. The molecule has 0 fully saturated rings. The van der Waals surface area contributed by atoms with Crippen molar-refractivity contribution in [1.29, 1.82) is 0 Å². The van der Waals surface area contributed by atoms with Crippen molar-refractivity contribution < 1.29 is 14.0 Å². The average Bonchev–Trinajstić information content (AvgIpc) is 2.20. The Hall–Kier alpha value is -1.43. The molecule has 0 aliphatic rings.